The predicted octanol–water partition coefficient (Wildman–Crippen LogP) is 2.84. The van der Waals surface area contributed by atoms with Crippen molar-refractivity contribution in [3.8, 4) is 0 Å². The summed E-state index contributed by atoms with van der Waals surface area (Å²) in [6, 6.07) is 11.2. The van der Waals surface area contributed by atoms with Crippen LogP contribution in [0.4, 0.5) is 11.4 Å². The number of amides is 2. The Kier molecular flexibility index (Phi) is 6.11. The van der Waals surface area contributed by atoms with Crippen molar-refractivity contribution in [2.45, 2.75) is 44.0 Å². The van der Waals surface area contributed by atoms with Crippen LogP contribution in [0.2, 0.25) is 0 Å². The van der Waals surface area contributed by atoms with Crippen molar-refractivity contribution in [1.82, 2.24) is 4.31 Å². The number of hydrogen-bond donors (Lipinski definition) is 1. The Hall–Kier alpha value is -3.04. The van der Waals surface area contributed by atoms with E-state index in [0.717, 1.165) is 28.4 Å². The molecule has 174 valence electrons. The number of anilines is 2. The summed E-state index contributed by atoms with van der Waals surface area (Å²) < 4.78 is 27.2. The first-order valence-corrected chi connectivity index (χ1v) is 12.3. The van der Waals surface area contributed by atoms with Crippen LogP contribution in [0.5, 0.6) is 0 Å². The van der Waals surface area contributed by atoms with Crippen LogP contribution in [-0.2, 0) is 26.0 Å². The quantitative estimate of drug-likeness (QED) is 0.628. The molecule has 0 bridgehead atoms. The minimum Gasteiger partial charge on any atom is -0.325 e. The van der Waals surface area contributed by atoms with Gasteiger partial charge in [0.05, 0.1) is 11.4 Å². The SMILES string of the molecule is CC(=O)c1ccc(NC(=O)CN(C)S(=O)(=O)c2ccc3c(c2)CC(C)N3C(=O)C2CC2)cc1. The highest BCUT2D eigenvalue weighted by molar-refractivity contribution is 7.89. The minimum atomic E-state index is -3.90. The summed E-state index contributed by atoms with van der Waals surface area (Å²) in [5.74, 6) is -0.373. The van der Waals surface area contributed by atoms with Crippen LogP contribution < -0.4 is 10.2 Å². The second kappa shape index (κ2) is 8.72. The number of nitrogens with one attached hydrogen (secondary N) is 1. The van der Waals surface area contributed by atoms with Gasteiger partial charge in [0, 0.05) is 35.9 Å². The van der Waals surface area contributed by atoms with Crippen LogP contribution in [-0.4, -0.2) is 50.0 Å². The van der Waals surface area contributed by atoms with E-state index in [2.05, 4.69) is 5.32 Å². The first-order valence-electron chi connectivity index (χ1n) is 10.9. The number of fused-ring (bicyclic) bond motifs is 1. The molecule has 33 heavy (non-hydrogen) atoms. The molecule has 9 heteroatoms. The van der Waals surface area contributed by atoms with Gasteiger partial charge in [-0.05, 0) is 81.1 Å². The van der Waals surface area contributed by atoms with Gasteiger partial charge in [-0.2, -0.15) is 4.31 Å². The Balaban J connectivity index is 1.45. The molecule has 1 atom stereocenters. The Morgan fingerprint density at radius 1 is 1.09 bits per heavy atom. The monoisotopic (exact) mass is 469 g/mol. The molecule has 2 aromatic carbocycles. The highest BCUT2D eigenvalue weighted by Crippen LogP contribution is 2.39. The maximum absolute atomic E-state index is 13.1. The molecule has 4 rings (SSSR count). The van der Waals surface area contributed by atoms with E-state index in [1.54, 1.807) is 41.3 Å². The molecule has 1 unspecified atom stereocenters. The van der Waals surface area contributed by atoms with Crippen molar-refractivity contribution in [1.29, 1.82) is 0 Å². The number of benzene rings is 2. The van der Waals surface area contributed by atoms with Gasteiger partial charge in [-0.25, -0.2) is 8.42 Å². The molecular formula is C24H27N3O5S. The fourth-order valence-electron chi connectivity index (χ4n) is 4.09. The van der Waals surface area contributed by atoms with Crippen LogP contribution in [0.1, 0.15) is 42.6 Å². The molecule has 8 nitrogen and oxygen atoms in total. The summed E-state index contributed by atoms with van der Waals surface area (Å²) >= 11 is 0. The van der Waals surface area contributed by atoms with Gasteiger partial charge in [-0.15, -0.1) is 0 Å². The number of carbonyl (C=O) groups excluding carboxylic acids is 3. The lowest BCUT2D eigenvalue weighted by molar-refractivity contribution is -0.120. The van der Waals surface area contributed by atoms with Crippen molar-refractivity contribution in [2.24, 2.45) is 5.92 Å². The first kappa shape index (κ1) is 23.1. The third kappa shape index (κ3) is 4.69. The standard InChI is InChI=1S/C24H27N3O5S/c1-15-12-19-13-21(10-11-22(19)27(15)24(30)18-4-5-18)33(31,32)26(3)14-23(29)25-20-8-6-17(7-9-20)16(2)28/h6-11,13,15,18H,4-5,12,14H2,1-3H3,(H,25,29). The number of likely N-dealkylation sites (N-methyl/N-ethyl adjacent to an activating group) is 1. The third-order valence-electron chi connectivity index (χ3n) is 6.08. The summed E-state index contributed by atoms with van der Waals surface area (Å²) in [5.41, 5.74) is 2.59. The van der Waals surface area contributed by atoms with Crippen molar-refractivity contribution in [3.63, 3.8) is 0 Å². The van der Waals surface area contributed by atoms with E-state index in [1.165, 1.54) is 20.0 Å². The molecular weight excluding hydrogens is 442 g/mol. The Morgan fingerprint density at radius 2 is 1.76 bits per heavy atom. The van der Waals surface area contributed by atoms with Gasteiger partial charge in [-0.1, -0.05) is 0 Å². The second-order valence-electron chi connectivity index (χ2n) is 8.77. The van der Waals surface area contributed by atoms with Crippen LogP contribution in [0.15, 0.2) is 47.4 Å². The summed E-state index contributed by atoms with van der Waals surface area (Å²) in [7, 11) is -2.55. The largest absolute Gasteiger partial charge is 0.325 e. The van der Waals surface area contributed by atoms with Gasteiger partial charge >= 0.3 is 0 Å². The lowest BCUT2D eigenvalue weighted by Crippen LogP contribution is -2.36. The zero-order valence-corrected chi connectivity index (χ0v) is 19.7. The van der Waals surface area contributed by atoms with E-state index in [-0.39, 0.29) is 35.1 Å². The molecule has 0 radical (unpaired) electrons. The number of hydrogen-bond acceptors (Lipinski definition) is 5. The zero-order chi connectivity index (χ0) is 23.9. The molecule has 0 saturated heterocycles. The molecule has 2 aliphatic rings. The molecule has 1 fully saturated rings. The molecule has 0 spiro atoms. The summed E-state index contributed by atoms with van der Waals surface area (Å²) in [5, 5.41) is 2.64. The molecule has 0 aromatic heterocycles. The van der Waals surface area contributed by atoms with E-state index in [4.69, 9.17) is 0 Å². The van der Waals surface area contributed by atoms with Crippen molar-refractivity contribution < 1.29 is 22.8 Å². The number of rotatable bonds is 7. The molecule has 1 saturated carbocycles. The molecule has 1 heterocycles. The van der Waals surface area contributed by atoms with Crippen molar-refractivity contribution >= 4 is 39.0 Å². The number of Topliss-reactive ketones (excluding diaryl/α,β-unsaturated/α-hetero) is 1. The van der Waals surface area contributed by atoms with Gasteiger partial charge < -0.3 is 10.2 Å². The van der Waals surface area contributed by atoms with Crippen LogP contribution in [0.3, 0.4) is 0 Å². The number of nitrogens with zero attached hydrogens (tertiary/aromatic N) is 2. The number of ketones is 1. The second-order valence-corrected chi connectivity index (χ2v) is 10.8. The number of sulfonamides is 1. The first-order chi connectivity index (χ1) is 15.6. The Morgan fingerprint density at radius 3 is 2.36 bits per heavy atom. The fraction of sp³-hybridized carbons (Fsp3) is 0.375. The maximum Gasteiger partial charge on any atom is 0.243 e. The van der Waals surface area contributed by atoms with Crippen molar-refractivity contribution in [2.75, 3.05) is 23.8 Å². The summed E-state index contributed by atoms with van der Waals surface area (Å²) in [6.45, 7) is 3.06. The molecule has 1 N–H and O–H groups in total. The molecule has 2 amide bonds. The maximum atomic E-state index is 13.1. The summed E-state index contributed by atoms with van der Waals surface area (Å²) in [6.07, 6.45) is 2.42. The van der Waals surface area contributed by atoms with Gasteiger partial charge in [0.15, 0.2) is 5.78 Å². The lowest BCUT2D eigenvalue weighted by Gasteiger charge is -2.23. The Bertz CT molecular complexity index is 1220. The molecule has 1 aliphatic carbocycles. The van der Waals surface area contributed by atoms with Gasteiger partial charge in [-0.3, -0.25) is 14.4 Å². The lowest BCUT2D eigenvalue weighted by atomic mass is 10.1. The minimum absolute atomic E-state index is 0.0102. The van der Waals surface area contributed by atoms with Crippen LogP contribution in [0.25, 0.3) is 0 Å². The van der Waals surface area contributed by atoms with Gasteiger partial charge in [0.1, 0.15) is 0 Å². The van der Waals surface area contributed by atoms with E-state index >= 15 is 0 Å². The molecule has 1 aliphatic heterocycles. The zero-order valence-electron chi connectivity index (χ0n) is 18.9. The smallest absolute Gasteiger partial charge is 0.243 e. The highest BCUT2D eigenvalue weighted by Gasteiger charge is 2.40. The topological polar surface area (TPSA) is 104 Å². The predicted molar refractivity (Wildman–Crippen MR) is 125 cm³/mol. The van der Waals surface area contributed by atoms with E-state index in [9.17, 15) is 22.8 Å². The van der Waals surface area contributed by atoms with Crippen molar-refractivity contribution in [3.05, 3.63) is 53.6 Å². The van der Waals surface area contributed by atoms with E-state index < -0.39 is 15.9 Å². The third-order valence-corrected chi connectivity index (χ3v) is 7.88. The fourth-order valence-corrected chi connectivity index (χ4v) is 5.26. The number of carbonyl (C=O) groups is 3. The Labute approximate surface area is 193 Å². The average Bonchev–Trinajstić information content (AvgIpc) is 3.55. The average molecular weight is 470 g/mol. The van der Waals surface area contributed by atoms with Gasteiger partial charge in [0.25, 0.3) is 0 Å². The van der Waals surface area contributed by atoms with Crippen LogP contribution in [0, 0.1) is 5.92 Å². The van der Waals surface area contributed by atoms with Crippen LogP contribution >= 0.6 is 0 Å². The molecule has 2 aromatic rings. The van der Waals surface area contributed by atoms with E-state index in [1.807, 2.05) is 6.92 Å². The van der Waals surface area contributed by atoms with Gasteiger partial charge in [0.2, 0.25) is 21.8 Å². The summed E-state index contributed by atoms with van der Waals surface area (Å²) in [4.78, 5) is 38.3. The highest BCUT2D eigenvalue weighted by atomic mass is 32.2. The van der Waals surface area contributed by atoms with E-state index in [0.29, 0.717) is 17.7 Å². The normalized spacial score (nSPS) is 17.7.